The molecule has 1 aliphatic rings. The van der Waals surface area contributed by atoms with Crippen molar-refractivity contribution in [2.45, 2.75) is 52.8 Å². The van der Waals surface area contributed by atoms with Gasteiger partial charge in [0.1, 0.15) is 6.10 Å². The standard InChI is InChI=1S/C19H22O8S2/c1-12-3-7-14(8-4-12)28(23,24)18(21)17-19(22,11-16(20)27-17)29(25,26)15-9-5-13(2)6-10-15/h3-10,16-18,20-22H,11H2,1-2H3/t16-,17-,18?,19-/m1/s1. The summed E-state index contributed by atoms with van der Waals surface area (Å²) in [5.41, 5.74) is -0.866. The molecule has 1 heterocycles. The van der Waals surface area contributed by atoms with Crippen LogP contribution in [0.4, 0.5) is 0 Å². The van der Waals surface area contributed by atoms with E-state index in [-0.39, 0.29) is 9.79 Å². The highest BCUT2D eigenvalue weighted by molar-refractivity contribution is 7.93. The summed E-state index contributed by atoms with van der Waals surface area (Å²) in [4.78, 5) is -3.40. The van der Waals surface area contributed by atoms with Crippen LogP contribution in [0.5, 0.6) is 0 Å². The Hall–Kier alpha value is -1.82. The van der Waals surface area contributed by atoms with Gasteiger partial charge < -0.3 is 20.1 Å². The number of rotatable bonds is 5. The highest BCUT2D eigenvalue weighted by atomic mass is 32.2. The maximum Gasteiger partial charge on any atom is 0.210 e. The Morgan fingerprint density at radius 2 is 1.38 bits per heavy atom. The van der Waals surface area contributed by atoms with Gasteiger partial charge in [0.15, 0.2) is 11.7 Å². The number of sulfone groups is 2. The second-order valence-electron chi connectivity index (χ2n) is 7.13. The molecule has 29 heavy (non-hydrogen) atoms. The first-order chi connectivity index (χ1) is 13.4. The average molecular weight is 443 g/mol. The molecule has 2 aromatic rings. The van der Waals surface area contributed by atoms with Gasteiger partial charge in [0.05, 0.1) is 9.79 Å². The van der Waals surface area contributed by atoms with Gasteiger partial charge in [0.25, 0.3) is 0 Å². The molecule has 0 spiro atoms. The highest BCUT2D eigenvalue weighted by Crippen LogP contribution is 2.41. The lowest BCUT2D eigenvalue weighted by atomic mass is 10.2. The molecule has 158 valence electrons. The van der Waals surface area contributed by atoms with Gasteiger partial charge in [-0.1, -0.05) is 35.4 Å². The number of hydrogen-bond acceptors (Lipinski definition) is 8. The lowest BCUT2D eigenvalue weighted by molar-refractivity contribution is -0.118. The van der Waals surface area contributed by atoms with E-state index in [0.717, 1.165) is 11.1 Å². The van der Waals surface area contributed by atoms with Crippen molar-refractivity contribution in [2.75, 3.05) is 0 Å². The molecule has 0 aliphatic carbocycles. The van der Waals surface area contributed by atoms with Crippen molar-refractivity contribution in [3.05, 3.63) is 59.7 Å². The van der Waals surface area contributed by atoms with E-state index in [2.05, 4.69) is 0 Å². The second kappa shape index (κ2) is 7.46. The lowest BCUT2D eigenvalue weighted by Gasteiger charge is -2.30. The SMILES string of the molecule is Cc1ccc(S(=O)(=O)C(O)[C@H]2O[C@@H](O)C[C@@]2(O)S(=O)(=O)c2ccc(C)cc2)cc1. The predicted molar refractivity (Wildman–Crippen MR) is 103 cm³/mol. The molecule has 4 atom stereocenters. The number of aryl methyl sites for hydroxylation is 2. The molecule has 1 aliphatic heterocycles. The van der Waals surface area contributed by atoms with Crippen LogP contribution in [0, 0.1) is 13.8 Å². The van der Waals surface area contributed by atoms with Crippen molar-refractivity contribution >= 4 is 19.7 Å². The summed E-state index contributed by atoms with van der Waals surface area (Å²) in [7, 11) is -9.07. The van der Waals surface area contributed by atoms with E-state index in [1.807, 2.05) is 0 Å². The van der Waals surface area contributed by atoms with Crippen LogP contribution in [-0.4, -0.2) is 54.9 Å². The Labute approximate surface area is 169 Å². The topological polar surface area (TPSA) is 138 Å². The normalized spacial score (nSPS) is 26.4. The van der Waals surface area contributed by atoms with Crippen LogP contribution in [0.15, 0.2) is 58.3 Å². The molecule has 1 unspecified atom stereocenters. The number of hydrogen-bond donors (Lipinski definition) is 3. The Kier molecular flexibility index (Phi) is 5.63. The van der Waals surface area contributed by atoms with Crippen LogP contribution >= 0.6 is 0 Å². The summed E-state index contributed by atoms with van der Waals surface area (Å²) in [6.45, 7) is 3.49. The Balaban J connectivity index is 2.05. The first kappa shape index (κ1) is 21.9. The van der Waals surface area contributed by atoms with Gasteiger partial charge in [-0.3, -0.25) is 0 Å². The van der Waals surface area contributed by atoms with Crippen LogP contribution in [0.2, 0.25) is 0 Å². The van der Waals surface area contributed by atoms with E-state index in [9.17, 15) is 32.2 Å². The highest BCUT2D eigenvalue weighted by Gasteiger charge is 2.61. The summed E-state index contributed by atoms with van der Waals surface area (Å²) in [6.07, 6.45) is -4.70. The van der Waals surface area contributed by atoms with Crippen LogP contribution in [0.1, 0.15) is 17.5 Å². The average Bonchev–Trinajstić information content (AvgIpc) is 2.97. The first-order valence-corrected chi connectivity index (χ1v) is 11.8. The Bertz CT molecular complexity index is 1090. The van der Waals surface area contributed by atoms with E-state index in [0.29, 0.717) is 0 Å². The van der Waals surface area contributed by atoms with Crippen molar-refractivity contribution in [2.24, 2.45) is 0 Å². The fourth-order valence-corrected chi connectivity index (χ4v) is 6.44. The van der Waals surface area contributed by atoms with Gasteiger partial charge >= 0.3 is 0 Å². The quantitative estimate of drug-likeness (QED) is 0.614. The zero-order valence-corrected chi connectivity index (χ0v) is 17.4. The van der Waals surface area contributed by atoms with Crippen LogP contribution in [0.25, 0.3) is 0 Å². The summed E-state index contributed by atoms with van der Waals surface area (Å²) in [5, 5.41) is 31.4. The zero-order chi connectivity index (χ0) is 21.6. The van der Waals surface area contributed by atoms with Gasteiger partial charge in [-0.25, -0.2) is 16.8 Å². The molecule has 0 radical (unpaired) electrons. The third-order valence-corrected chi connectivity index (χ3v) is 8.97. The van der Waals surface area contributed by atoms with E-state index >= 15 is 0 Å². The largest absolute Gasteiger partial charge is 0.374 e. The van der Waals surface area contributed by atoms with Crippen LogP contribution in [0.3, 0.4) is 0 Å². The molecule has 10 heteroatoms. The molecule has 0 bridgehead atoms. The Morgan fingerprint density at radius 1 is 0.931 bits per heavy atom. The third-order valence-electron chi connectivity index (χ3n) is 4.94. The maximum absolute atomic E-state index is 13.1. The van der Waals surface area contributed by atoms with Crippen molar-refractivity contribution in [3.8, 4) is 0 Å². The monoisotopic (exact) mass is 442 g/mol. The molecular formula is C19H22O8S2. The van der Waals surface area contributed by atoms with Crippen molar-refractivity contribution in [3.63, 3.8) is 0 Å². The molecule has 8 nitrogen and oxygen atoms in total. The fourth-order valence-electron chi connectivity index (χ4n) is 3.19. The smallest absolute Gasteiger partial charge is 0.210 e. The van der Waals surface area contributed by atoms with Crippen molar-refractivity contribution < 1.29 is 36.9 Å². The Morgan fingerprint density at radius 3 is 1.86 bits per heavy atom. The number of aliphatic hydroxyl groups excluding tert-OH is 2. The molecular weight excluding hydrogens is 420 g/mol. The van der Waals surface area contributed by atoms with E-state index in [1.54, 1.807) is 13.8 Å². The van der Waals surface area contributed by atoms with Crippen molar-refractivity contribution in [1.82, 2.24) is 0 Å². The first-order valence-electron chi connectivity index (χ1n) is 8.75. The third kappa shape index (κ3) is 3.72. The molecule has 3 rings (SSSR count). The fraction of sp³-hybridized carbons (Fsp3) is 0.368. The minimum Gasteiger partial charge on any atom is -0.374 e. The molecule has 2 aromatic carbocycles. The van der Waals surface area contributed by atoms with E-state index < -0.39 is 48.9 Å². The van der Waals surface area contributed by atoms with E-state index in [1.165, 1.54) is 48.5 Å². The predicted octanol–water partition coefficient (Wildman–Crippen LogP) is 0.665. The zero-order valence-electron chi connectivity index (χ0n) is 15.8. The molecule has 1 saturated heterocycles. The van der Waals surface area contributed by atoms with Gasteiger partial charge in [0.2, 0.25) is 24.6 Å². The summed E-state index contributed by atoms with van der Waals surface area (Å²) in [5.74, 6) is 0. The molecule has 0 saturated carbocycles. The number of aliphatic hydroxyl groups is 3. The summed E-state index contributed by atoms with van der Waals surface area (Å²) < 4.78 is 56.8. The maximum atomic E-state index is 13.1. The molecule has 3 N–H and O–H groups in total. The lowest BCUT2D eigenvalue weighted by Crippen LogP contribution is -2.53. The second-order valence-corrected chi connectivity index (χ2v) is 11.4. The minimum atomic E-state index is -4.59. The van der Waals surface area contributed by atoms with Crippen LogP contribution in [-0.2, 0) is 24.4 Å². The molecule has 1 fully saturated rings. The van der Waals surface area contributed by atoms with Crippen molar-refractivity contribution in [1.29, 1.82) is 0 Å². The minimum absolute atomic E-state index is 0.268. The summed E-state index contributed by atoms with van der Waals surface area (Å²) in [6, 6.07) is 11.1. The van der Waals surface area contributed by atoms with Gasteiger partial charge in [-0.05, 0) is 38.1 Å². The van der Waals surface area contributed by atoms with Crippen LogP contribution < -0.4 is 0 Å². The molecule has 0 amide bonds. The van der Waals surface area contributed by atoms with Gasteiger partial charge in [-0.2, -0.15) is 0 Å². The van der Waals surface area contributed by atoms with Gasteiger partial charge in [0, 0.05) is 6.42 Å². The number of ether oxygens (including phenoxy) is 1. The number of benzene rings is 2. The molecule has 0 aromatic heterocycles. The van der Waals surface area contributed by atoms with E-state index in [4.69, 9.17) is 4.74 Å². The summed E-state index contributed by atoms with van der Waals surface area (Å²) >= 11 is 0. The van der Waals surface area contributed by atoms with Gasteiger partial charge in [-0.15, -0.1) is 0 Å².